The average molecular weight is 670 g/mol. The van der Waals surface area contributed by atoms with Gasteiger partial charge in [-0.2, -0.15) is 0 Å². The molecule has 2 N–H and O–H groups in total. The second-order valence-corrected chi connectivity index (χ2v) is 14.2. The van der Waals surface area contributed by atoms with Gasteiger partial charge in [-0.1, -0.05) is 25.4 Å². The maximum Gasteiger partial charge on any atom is 0.573 e. The van der Waals surface area contributed by atoms with Crippen LogP contribution in [0.5, 0.6) is 11.5 Å². The number of halogens is 4. The van der Waals surface area contributed by atoms with Crippen molar-refractivity contribution in [3.63, 3.8) is 0 Å². The molecule has 4 aromatic rings. The third-order valence-electron chi connectivity index (χ3n) is 6.56. The molecule has 44 heavy (non-hydrogen) atoms. The Kier molecular flexibility index (Phi) is 9.74. The van der Waals surface area contributed by atoms with Crippen LogP contribution in [0.15, 0.2) is 60.7 Å². The van der Waals surface area contributed by atoms with Crippen molar-refractivity contribution < 1.29 is 35.9 Å². The van der Waals surface area contributed by atoms with Gasteiger partial charge in [-0.05, 0) is 85.2 Å². The zero-order chi connectivity index (χ0) is 32.4. The monoisotopic (exact) mass is 669 g/mol. The van der Waals surface area contributed by atoms with Gasteiger partial charge in [-0.25, -0.2) is 8.42 Å². The zero-order valence-corrected chi connectivity index (χ0v) is 26.9. The molecule has 0 radical (unpaired) electrons. The van der Waals surface area contributed by atoms with E-state index in [1.54, 1.807) is 48.5 Å². The highest BCUT2D eigenvalue weighted by Crippen LogP contribution is 2.39. The van der Waals surface area contributed by atoms with E-state index in [1.807, 2.05) is 32.8 Å². The van der Waals surface area contributed by atoms with Gasteiger partial charge in [-0.15, -0.1) is 24.5 Å². The fourth-order valence-corrected chi connectivity index (χ4v) is 6.10. The van der Waals surface area contributed by atoms with Gasteiger partial charge in [0.1, 0.15) is 18.1 Å². The quantitative estimate of drug-likeness (QED) is 0.173. The summed E-state index contributed by atoms with van der Waals surface area (Å²) in [7, 11) is 0.247. The lowest BCUT2D eigenvalue weighted by atomic mass is 9.78. The van der Waals surface area contributed by atoms with E-state index in [4.69, 9.17) is 16.3 Å². The summed E-state index contributed by atoms with van der Waals surface area (Å²) in [5.74, 6) is -0.614. The number of likely N-dealkylation sites (N-methyl/N-ethyl adjacent to an activating group) is 1. The summed E-state index contributed by atoms with van der Waals surface area (Å²) >= 11 is 7.68. The Balaban J connectivity index is 1.62. The summed E-state index contributed by atoms with van der Waals surface area (Å²) in [6, 6.07) is 15.7. The van der Waals surface area contributed by atoms with Crippen molar-refractivity contribution in [2.75, 3.05) is 43.5 Å². The van der Waals surface area contributed by atoms with Crippen molar-refractivity contribution in [3.8, 4) is 11.5 Å². The number of rotatable bonds is 11. The minimum absolute atomic E-state index is 0.215. The van der Waals surface area contributed by atoms with Crippen LogP contribution < -0.4 is 19.5 Å². The van der Waals surface area contributed by atoms with Gasteiger partial charge in [0.15, 0.2) is 0 Å². The Hall–Kier alpha value is -3.52. The molecular formula is C30H31ClF3N3O5S2. The summed E-state index contributed by atoms with van der Waals surface area (Å²) in [6.45, 7) is 4.44. The Bertz CT molecular complexity index is 1790. The van der Waals surface area contributed by atoms with E-state index in [1.165, 1.54) is 23.5 Å². The second-order valence-electron chi connectivity index (χ2n) is 10.9. The number of carbonyl (C=O) groups is 1. The largest absolute Gasteiger partial charge is 0.573 e. The van der Waals surface area contributed by atoms with Crippen LogP contribution in [0.4, 0.5) is 24.5 Å². The number of nitrogens with zero attached hydrogens (tertiary/aromatic N) is 1. The SMILES string of the molecule is CN(C)CCOc1cc(OC(F)(F)F)cc(C(C)(C)c2cc(Cl)cc(NC(=O)c3cc4cc(NS(C)(=O)=O)ccc4s3)c2)c1. The molecule has 0 aliphatic carbocycles. The first-order valence-electron chi connectivity index (χ1n) is 13.2. The topological polar surface area (TPSA) is 97.0 Å². The van der Waals surface area contributed by atoms with Crippen molar-refractivity contribution in [2.24, 2.45) is 0 Å². The molecule has 0 unspecified atom stereocenters. The molecule has 0 aliphatic heterocycles. The van der Waals surface area contributed by atoms with Crippen molar-refractivity contribution >= 4 is 60.3 Å². The lowest BCUT2D eigenvalue weighted by Crippen LogP contribution is -2.22. The molecule has 0 atom stereocenters. The van der Waals surface area contributed by atoms with Gasteiger partial charge >= 0.3 is 6.36 Å². The van der Waals surface area contributed by atoms with E-state index in [0.717, 1.165) is 11.0 Å². The van der Waals surface area contributed by atoms with Crippen LogP contribution in [0, 0.1) is 0 Å². The molecule has 1 aromatic heterocycles. The van der Waals surface area contributed by atoms with Crippen LogP contribution in [-0.4, -0.2) is 59.1 Å². The van der Waals surface area contributed by atoms with Crippen molar-refractivity contribution in [1.29, 1.82) is 0 Å². The molecule has 0 spiro atoms. The molecule has 1 heterocycles. The standard InChI is InChI=1S/C30H31ClF3N3O5S2/c1-29(2,20-14-24(41-9-8-37(3)4)17-25(15-20)42-30(32,33)34)19-12-21(31)16-23(13-19)35-28(38)27-11-18-10-22(36-44(5,39)40)6-7-26(18)43-27/h6-7,10-17,36H,8-9H2,1-5H3,(H,35,38). The van der Waals surface area contributed by atoms with E-state index in [-0.39, 0.29) is 12.4 Å². The number of hydrogen-bond acceptors (Lipinski definition) is 7. The number of fused-ring (bicyclic) bond motifs is 1. The number of hydrogen-bond donors (Lipinski definition) is 2. The maximum absolute atomic E-state index is 13.2. The van der Waals surface area contributed by atoms with E-state index >= 15 is 0 Å². The van der Waals surface area contributed by atoms with Crippen LogP contribution in [0.25, 0.3) is 10.1 Å². The Labute approximate surface area is 262 Å². The van der Waals surface area contributed by atoms with Gasteiger partial charge in [0.2, 0.25) is 10.0 Å². The fraction of sp³-hybridized carbons (Fsp3) is 0.300. The van der Waals surface area contributed by atoms with Gasteiger partial charge in [-0.3, -0.25) is 9.52 Å². The van der Waals surface area contributed by atoms with Crippen LogP contribution in [0.1, 0.15) is 34.6 Å². The number of alkyl halides is 3. The van der Waals surface area contributed by atoms with Crippen LogP contribution >= 0.6 is 22.9 Å². The first kappa shape index (κ1) is 33.4. The van der Waals surface area contributed by atoms with Crippen molar-refractivity contribution in [3.05, 3.63) is 81.7 Å². The zero-order valence-electron chi connectivity index (χ0n) is 24.5. The predicted octanol–water partition coefficient (Wildman–Crippen LogP) is 7.34. The highest BCUT2D eigenvalue weighted by molar-refractivity contribution is 7.92. The number of thiophene rings is 1. The van der Waals surface area contributed by atoms with Gasteiger partial charge in [0.05, 0.1) is 11.1 Å². The molecule has 14 heteroatoms. The molecule has 4 rings (SSSR count). The average Bonchev–Trinajstić information content (AvgIpc) is 3.30. The van der Waals surface area contributed by atoms with Crippen molar-refractivity contribution in [2.45, 2.75) is 25.6 Å². The molecule has 8 nitrogen and oxygen atoms in total. The van der Waals surface area contributed by atoms with Gasteiger partial charge in [0.25, 0.3) is 5.91 Å². The molecule has 0 saturated carbocycles. The number of amides is 1. The number of carbonyl (C=O) groups excluding carboxylic acids is 1. The molecule has 3 aromatic carbocycles. The van der Waals surface area contributed by atoms with Crippen LogP contribution in [-0.2, 0) is 15.4 Å². The summed E-state index contributed by atoms with van der Waals surface area (Å²) in [5, 5.41) is 3.84. The summed E-state index contributed by atoms with van der Waals surface area (Å²) in [4.78, 5) is 15.5. The Morgan fingerprint density at radius 2 is 1.64 bits per heavy atom. The molecule has 0 bridgehead atoms. The lowest BCUT2D eigenvalue weighted by Gasteiger charge is -2.28. The lowest BCUT2D eigenvalue weighted by molar-refractivity contribution is -0.274. The normalized spacial score (nSPS) is 12.4. The first-order chi connectivity index (χ1) is 20.4. The summed E-state index contributed by atoms with van der Waals surface area (Å²) < 4.78 is 75.8. The number of nitrogens with one attached hydrogen (secondary N) is 2. The van der Waals surface area contributed by atoms with E-state index in [0.29, 0.717) is 44.3 Å². The molecule has 236 valence electrons. The summed E-state index contributed by atoms with van der Waals surface area (Å²) in [5.41, 5.74) is 0.962. The third-order valence-corrected chi connectivity index (χ3v) is 8.50. The molecule has 0 saturated heterocycles. The smallest absolute Gasteiger partial charge is 0.492 e. The number of sulfonamides is 1. The first-order valence-corrected chi connectivity index (χ1v) is 16.3. The molecule has 0 fully saturated rings. The van der Waals surface area contributed by atoms with Crippen LogP contribution in [0.3, 0.4) is 0 Å². The van der Waals surface area contributed by atoms with E-state index in [9.17, 15) is 26.4 Å². The van der Waals surface area contributed by atoms with E-state index < -0.39 is 33.5 Å². The van der Waals surface area contributed by atoms with E-state index in [2.05, 4.69) is 14.8 Å². The fourth-order valence-electron chi connectivity index (χ4n) is 4.37. The molecule has 0 aliphatic rings. The highest BCUT2D eigenvalue weighted by Gasteiger charge is 2.33. The minimum atomic E-state index is -4.89. The maximum atomic E-state index is 13.2. The number of anilines is 2. The predicted molar refractivity (Wildman–Crippen MR) is 169 cm³/mol. The molecular weight excluding hydrogens is 639 g/mol. The van der Waals surface area contributed by atoms with Gasteiger partial charge in [0, 0.05) is 39.1 Å². The number of benzene rings is 3. The van der Waals surface area contributed by atoms with Crippen LogP contribution in [0.2, 0.25) is 5.02 Å². The molecule has 1 amide bonds. The highest BCUT2D eigenvalue weighted by atomic mass is 35.5. The minimum Gasteiger partial charge on any atom is -0.492 e. The second kappa shape index (κ2) is 12.8. The Morgan fingerprint density at radius 1 is 0.955 bits per heavy atom. The van der Waals surface area contributed by atoms with Crippen molar-refractivity contribution in [1.82, 2.24) is 4.90 Å². The summed E-state index contributed by atoms with van der Waals surface area (Å²) in [6.07, 6.45) is -3.84. The third kappa shape index (κ3) is 9.00. The Morgan fingerprint density at radius 3 is 2.30 bits per heavy atom. The van der Waals surface area contributed by atoms with Gasteiger partial charge < -0.3 is 19.7 Å². The number of ether oxygens (including phenoxy) is 2.